The Morgan fingerprint density at radius 1 is 1.03 bits per heavy atom. The van der Waals surface area contributed by atoms with Crippen LogP contribution in [0.3, 0.4) is 0 Å². The maximum atomic E-state index is 13.0. The zero-order valence-corrected chi connectivity index (χ0v) is 20.6. The highest BCUT2D eigenvalue weighted by Gasteiger charge is 2.42. The van der Waals surface area contributed by atoms with Crippen molar-refractivity contribution in [3.05, 3.63) is 53.7 Å². The van der Waals surface area contributed by atoms with Gasteiger partial charge in [0, 0.05) is 45.7 Å². The highest BCUT2D eigenvalue weighted by molar-refractivity contribution is 7.98. The first kappa shape index (κ1) is 24.3. The number of aryl methyl sites for hydroxylation is 1. The molecule has 0 unspecified atom stereocenters. The fourth-order valence-corrected chi connectivity index (χ4v) is 5.47. The molecule has 7 nitrogen and oxygen atoms in total. The van der Waals surface area contributed by atoms with E-state index in [1.807, 2.05) is 40.3 Å². The smallest absolute Gasteiger partial charge is 0.308 e. The second-order valence-corrected chi connectivity index (χ2v) is 9.95. The van der Waals surface area contributed by atoms with Gasteiger partial charge in [0.05, 0.1) is 5.56 Å². The molecule has 1 aromatic heterocycles. The number of pyridine rings is 1. The van der Waals surface area contributed by atoms with Gasteiger partial charge in [0.15, 0.2) is 0 Å². The van der Waals surface area contributed by atoms with Gasteiger partial charge >= 0.3 is 5.97 Å². The van der Waals surface area contributed by atoms with Crippen LogP contribution in [0.25, 0.3) is 0 Å². The van der Waals surface area contributed by atoms with Crippen LogP contribution in [0.1, 0.15) is 48.5 Å². The van der Waals surface area contributed by atoms with E-state index in [0.29, 0.717) is 24.2 Å². The Hall–Kier alpha value is -2.87. The van der Waals surface area contributed by atoms with E-state index in [9.17, 15) is 14.4 Å². The first-order valence-electron chi connectivity index (χ1n) is 11.7. The number of carbonyl (C=O) groups is 3. The molecule has 2 saturated heterocycles. The van der Waals surface area contributed by atoms with Crippen molar-refractivity contribution < 1.29 is 19.1 Å². The number of benzene rings is 1. The lowest BCUT2D eigenvalue weighted by molar-refractivity contribution is -0.132. The number of amides is 2. The van der Waals surface area contributed by atoms with Crippen LogP contribution in [0.2, 0.25) is 0 Å². The first-order valence-corrected chi connectivity index (χ1v) is 12.9. The van der Waals surface area contributed by atoms with Crippen molar-refractivity contribution in [3.63, 3.8) is 0 Å². The van der Waals surface area contributed by atoms with E-state index in [4.69, 9.17) is 4.74 Å². The second kappa shape index (κ2) is 10.6. The molecule has 4 rings (SSSR count). The Bertz CT molecular complexity index is 1050. The van der Waals surface area contributed by atoms with Crippen LogP contribution >= 0.6 is 11.8 Å². The van der Waals surface area contributed by atoms with E-state index >= 15 is 0 Å². The summed E-state index contributed by atoms with van der Waals surface area (Å²) in [6.07, 6.45) is 7.63. The lowest BCUT2D eigenvalue weighted by Gasteiger charge is -2.39. The Morgan fingerprint density at radius 2 is 1.71 bits per heavy atom. The summed E-state index contributed by atoms with van der Waals surface area (Å²) in [4.78, 5) is 45.2. The highest BCUT2D eigenvalue weighted by atomic mass is 32.2. The molecule has 2 aromatic rings. The quantitative estimate of drug-likeness (QED) is 0.355. The van der Waals surface area contributed by atoms with Crippen molar-refractivity contribution in [2.75, 3.05) is 32.4 Å². The third kappa shape index (κ3) is 5.60. The summed E-state index contributed by atoms with van der Waals surface area (Å²) in [6.45, 7) is 4.38. The minimum absolute atomic E-state index is 0.0537. The number of likely N-dealkylation sites (tertiary alicyclic amines) is 2. The number of thioether (sulfide) groups is 1. The van der Waals surface area contributed by atoms with Gasteiger partial charge in [-0.05, 0) is 67.2 Å². The van der Waals surface area contributed by atoms with Crippen LogP contribution in [-0.2, 0) is 16.0 Å². The number of nitrogens with zero attached hydrogens (tertiary/aromatic N) is 3. The van der Waals surface area contributed by atoms with Crippen LogP contribution < -0.4 is 4.74 Å². The zero-order valence-electron chi connectivity index (χ0n) is 19.8. The summed E-state index contributed by atoms with van der Waals surface area (Å²) < 4.78 is 5.06. The largest absolute Gasteiger partial charge is 0.427 e. The maximum absolute atomic E-state index is 13.0. The monoisotopic (exact) mass is 481 g/mol. The normalized spacial score (nSPS) is 17.1. The summed E-state index contributed by atoms with van der Waals surface area (Å²) in [6, 6.07) is 11.0. The molecule has 8 heteroatoms. The van der Waals surface area contributed by atoms with Crippen molar-refractivity contribution in [1.82, 2.24) is 14.8 Å². The van der Waals surface area contributed by atoms with Crippen LogP contribution in [0, 0.1) is 5.41 Å². The fraction of sp³-hybridized carbons (Fsp3) is 0.462. The van der Waals surface area contributed by atoms with Crippen LogP contribution in [0.4, 0.5) is 0 Å². The Balaban J connectivity index is 1.26. The summed E-state index contributed by atoms with van der Waals surface area (Å²) in [5, 5.41) is 0.770. The summed E-state index contributed by atoms with van der Waals surface area (Å²) in [5.74, 6) is 0.405. The molecule has 3 heterocycles. The summed E-state index contributed by atoms with van der Waals surface area (Å²) in [7, 11) is 0. The van der Waals surface area contributed by atoms with Crippen LogP contribution in [-0.4, -0.2) is 65.0 Å². The first-order chi connectivity index (χ1) is 16.4. The minimum Gasteiger partial charge on any atom is -0.427 e. The Morgan fingerprint density at radius 3 is 2.35 bits per heavy atom. The average Bonchev–Trinajstić information content (AvgIpc) is 3.26. The third-order valence-electron chi connectivity index (χ3n) is 6.91. The van der Waals surface area contributed by atoms with E-state index < -0.39 is 0 Å². The predicted octanol–water partition coefficient (Wildman–Crippen LogP) is 3.82. The molecule has 2 aliphatic rings. The topological polar surface area (TPSA) is 79.8 Å². The van der Waals surface area contributed by atoms with Crippen molar-refractivity contribution >= 4 is 29.5 Å². The molecule has 1 aromatic carbocycles. The van der Waals surface area contributed by atoms with Gasteiger partial charge in [-0.25, -0.2) is 4.98 Å². The number of carbonyl (C=O) groups excluding carboxylic acids is 3. The third-order valence-corrected chi connectivity index (χ3v) is 7.62. The molecule has 34 heavy (non-hydrogen) atoms. The van der Waals surface area contributed by atoms with Gasteiger partial charge in [-0.3, -0.25) is 14.4 Å². The number of ether oxygens (including phenoxy) is 1. The molecule has 2 amide bonds. The number of esters is 1. The second-order valence-electron chi connectivity index (χ2n) is 9.16. The van der Waals surface area contributed by atoms with Gasteiger partial charge in [0.1, 0.15) is 10.8 Å². The van der Waals surface area contributed by atoms with Gasteiger partial charge in [-0.2, -0.15) is 0 Å². The molecule has 1 spiro atoms. The number of hydrogen-bond acceptors (Lipinski definition) is 6. The van der Waals surface area contributed by atoms with Crippen molar-refractivity contribution in [1.29, 1.82) is 0 Å². The molecule has 0 N–H and O–H groups in total. The van der Waals surface area contributed by atoms with Gasteiger partial charge in [0.2, 0.25) is 5.91 Å². The molecule has 0 atom stereocenters. The predicted molar refractivity (Wildman–Crippen MR) is 131 cm³/mol. The van der Waals surface area contributed by atoms with Gasteiger partial charge in [-0.1, -0.05) is 12.1 Å². The fourth-order valence-electron chi connectivity index (χ4n) is 4.93. The lowest BCUT2D eigenvalue weighted by atomic mass is 9.77. The summed E-state index contributed by atoms with van der Waals surface area (Å²) in [5.41, 5.74) is 1.84. The maximum Gasteiger partial charge on any atom is 0.308 e. The van der Waals surface area contributed by atoms with Crippen LogP contribution in [0.15, 0.2) is 47.6 Å². The highest BCUT2D eigenvalue weighted by Crippen LogP contribution is 2.41. The molecule has 0 bridgehead atoms. The van der Waals surface area contributed by atoms with E-state index in [0.717, 1.165) is 56.0 Å². The zero-order chi connectivity index (χ0) is 24.1. The molecule has 0 aliphatic carbocycles. The van der Waals surface area contributed by atoms with E-state index in [2.05, 4.69) is 4.98 Å². The van der Waals surface area contributed by atoms with Crippen molar-refractivity contribution in [2.45, 2.75) is 44.1 Å². The Kier molecular flexibility index (Phi) is 7.56. The average molecular weight is 482 g/mol. The van der Waals surface area contributed by atoms with Gasteiger partial charge in [-0.15, -0.1) is 11.8 Å². The number of piperidine rings is 1. The number of aromatic nitrogens is 1. The molecular weight excluding hydrogens is 450 g/mol. The lowest BCUT2D eigenvalue weighted by Crippen LogP contribution is -2.44. The molecule has 0 saturated carbocycles. The van der Waals surface area contributed by atoms with Crippen molar-refractivity contribution in [3.8, 4) is 5.75 Å². The number of hydrogen-bond donors (Lipinski definition) is 0. The molecule has 2 fully saturated rings. The minimum atomic E-state index is -0.345. The number of rotatable bonds is 6. The van der Waals surface area contributed by atoms with Crippen molar-refractivity contribution in [2.24, 2.45) is 5.41 Å². The molecule has 180 valence electrons. The molecule has 2 aliphatic heterocycles. The SMILES string of the molecule is CSc1ncccc1C(=O)N1CCC2(CCN(C(=O)CCc3ccc(OC(C)=O)cc3)C2)CC1. The van der Waals surface area contributed by atoms with Gasteiger partial charge in [0.25, 0.3) is 5.91 Å². The van der Waals surface area contributed by atoms with Gasteiger partial charge < -0.3 is 14.5 Å². The Labute approximate surface area is 204 Å². The standard InChI is InChI=1S/C26H31N3O4S/c1-19(30)33-21-8-5-20(6-9-21)7-10-23(31)29-17-13-26(18-29)11-15-28(16-12-26)25(32)22-4-3-14-27-24(22)34-2/h3-6,8-9,14H,7,10-13,15-18H2,1-2H3. The summed E-state index contributed by atoms with van der Waals surface area (Å²) >= 11 is 1.49. The van der Waals surface area contributed by atoms with Crippen LogP contribution in [0.5, 0.6) is 5.75 Å². The van der Waals surface area contributed by atoms with E-state index in [-0.39, 0.29) is 23.2 Å². The molecule has 0 radical (unpaired) electrons. The van der Waals surface area contributed by atoms with E-state index in [1.165, 1.54) is 18.7 Å². The van der Waals surface area contributed by atoms with E-state index in [1.54, 1.807) is 18.3 Å². The molecular formula is C26H31N3O4S.